The average Bonchev–Trinajstić information content (AvgIpc) is 3.49. The van der Waals surface area contributed by atoms with Crippen LogP contribution in [0.4, 0.5) is 5.69 Å². The molecule has 1 atom stereocenters. The highest BCUT2D eigenvalue weighted by atomic mass is 32.2. The molecule has 0 spiro atoms. The van der Waals surface area contributed by atoms with Gasteiger partial charge in [-0.05, 0) is 30.5 Å². The molecule has 1 fully saturated rings. The number of carbonyl (C=O) groups excluding carboxylic acids is 1. The Morgan fingerprint density at radius 1 is 1.11 bits per heavy atom. The van der Waals surface area contributed by atoms with E-state index in [1.54, 1.807) is 6.33 Å². The molecular formula is C21H20N4OS2. The Hall–Kier alpha value is -2.25. The molecule has 2 aliphatic rings. The molecule has 3 aromatic rings. The van der Waals surface area contributed by atoms with Gasteiger partial charge in [0.2, 0.25) is 5.91 Å². The molecule has 5 rings (SSSR count). The lowest BCUT2D eigenvalue weighted by molar-refractivity contribution is -0.116. The molecule has 0 radical (unpaired) electrons. The number of rotatable bonds is 5. The summed E-state index contributed by atoms with van der Waals surface area (Å²) >= 11 is 3.30. The lowest BCUT2D eigenvalue weighted by Gasteiger charge is -2.37. The number of fused-ring (bicyclic) bond motifs is 1. The Morgan fingerprint density at radius 2 is 1.89 bits per heavy atom. The van der Waals surface area contributed by atoms with Crippen molar-refractivity contribution >= 4 is 35.1 Å². The van der Waals surface area contributed by atoms with Crippen LogP contribution in [0.5, 0.6) is 0 Å². The van der Waals surface area contributed by atoms with Crippen molar-refractivity contribution in [1.82, 2.24) is 14.8 Å². The van der Waals surface area contributed by atoms with E-state index in [1.807, 2.05) is 53.1 Å². The molecule has 0 bridgehead atoms. The third-order valence-electron chi connectivity index (χ3n) is 5.09. The fourth-order valence-corrected chi connectivity index (χ4v) is 5.56. The van der Waals surface area contributed by atoms with Crippen LogP contribution < -0.4 is 4.90 Å². The fraction of sp³-hybridized carbons (Fsp3) is 0.286. The first-order chi connectivity index (χ1) is 13.8. The summed E-state index contributed by atoms with van der Waals surface area (Å²) in [5.41, 5.74) is 2.17. The zero-order chi connectivity index (χ0) is 18.9. The van der Waals surface area contributed by atoms with E-state index in [0.29, 0.717) is 11.8 Å². The van der Waals surface area contributed by atoms with Crippen LogP contribution >= 0.6 is 23.5 Å². The molecule has 1 unspecified atom stereocenters. The van der Waals surface area contributed by atoms with Gasteiger partial charge < -0.3 is 9.47 Å². The van der Waals surface area contributed by atoms with Crippen LogP contribution in [0.15, 0.2) is 71.0 Å². The van der Waals surface area contributed by atoms with Crippen molar-refractivity contribution in [2.75, 3.05) is 16.4 Å². The number of aromatic nitrogens is 3. The molecule has 1 aromatic heterocycles. The monoisotopic (exact) mass is 408 g/mol. The third kappa shape index (κ3) is 3.44. The van der Waals surface area contributed by atoms with E-state index in [0.717, 1.165) is 21.5 Å². The van der Waals surface area contributed by atoms with Crippen LogP contribution in [0.1, 0.15) is 30.5 Å². The highest BCUT2D eigenvalue weighted by Gasteiger charge is 2.33. The second-order valence-corrected chi connectivity index (χ2v) is 9.01. The number of benzene rings is 2. The van der Waals surface area contributed by atoms with Crippen molar-refractivity contribution in [3.05, 3.63) is 66.5 Å². The lowest BCUT2D eigenvalue weighted by Crippen LogP contribution is -2.39. The minimum Gasteiger partial charge on any atom is -0.306 e. The lowest BCUT2D eigenvalue weighted by atomic mass is 10.1. The first-order valence-electron chi connectivity index (χ1n) is 9.42. The van der Waals surface area contributed by atoms with Crippen molar-refractivity contribution in [2.45, 2.75) is 35.0 Å². The predicted molar refractivity (Wildman–Crippen MR) is 113 cm³/mol. The molecule has 142 valence electrons. The third-order valence-corrected chi connectivity index (χ3v) is 7.17. The van der Waals surface area contributed by atoms with Gasteiger partial charge in [-0.1, -0.05) is 54.2 Å². The highest BCUT2D eigenvalue weighted by molar-refractivity contribution is 8.00. The summed E-state index contributed by atoms with van der Waals surface area (Å²) in [6, 6.07) is 19.0. The van der Waals surface area contributed by atoms with Crippen molar-refractivity contribution in [2.24, 2.45) is 0 Å². The SMILES string of the molecule is O=C(CSc1nncn1C1CC1)N1c2ccccc2SCC1c1ccccc1. The summed E-state index contributed by atoms with van der Waals surface area (Å²) in [7, 11) is 0. The Balaban J connectivity index is 1.42. The number of nitrogens with zero attached hydrogens (tertiary/aromatic N) is 4. The maximum absolute atomic E-state index is 13.4. The van der Waals surface area contributed by atoms with Crippen molar-refractivity contribution in [3.8, 4) is 0 Å². The fourth-order valence-electron chi connectivity index (χ4n) is 3.55. The molecule has 28 heavy (non-hydrogen) atoms. The first-order valence-corrected chi connectivity index (χ1v) is 11.4. The zero-order valence-electron chi connectivity index (χ0n) is 15.3. The number of carbonyl (C=O) groups is 1. The number of anilines is 1. The molecule has 7 heteroatoms. The van der Waals surface area contributed by atoms with Crippen molar-refractivity contribution in [3.63, 3.8) is 0 Å². The molecule has 2 aromatic carbocycles. The van der Waals surface area contributed by atoms with Gasteiger partial charge in [0, 0.05) is 16.7 Å². The largest absolute Gasteiger partial charge is 0.306 e. The molecule has 1 saturated carbocycles. The van der Waals surface area contributed by atoms with Crippen molar-refractivity contribution in [1.29, 1.82) is 0 Å². The molecule has 2 heterocycles. The number of para-hydroxylation sites is 1. The van der Waals surface area contributed by atoms with Gasteiger partial charge in [0.25, 0.3) is 0 Å². The minimum absolute atomic E-state index is 0.0375. The second kappa shape index (κ2) is 7.64. The van der Waals surface area contributed by atoms with E-state index in [2.05, 4.69) is 33.0 Å². The van der Waals surface area contributed by atoms with E-state index in [1.165, 1.54) is 30.2 Å². The average molecular weight is 409 g/mol. The van der Waals surface area contributed by atoms with E-state index in [-0.39, 0.29) is 11.9 Å². The van der Waals surface area contributed by atoms with Gasteiger partial charge in [-0.3, -0.25) is 4.79 Å². The maximum atomic E-state index is 13.4. The number of hydrogen-bond donors (Lipinski definition) is 0. The van der Waals surface area contributed by atoms with Gasteiger partial charge in [0.1, 0.15) is 6.33 Å². The smallest absolute Gasteiger partial charge is 0.238 e. The van der Waals surface area contributed by atoms with Gasteiger partial charge in [-0.25, -0.2) is 0 Å². The first kappa shape index (κ1) is 17.8. The molecule has 1 amide bonds. The van der Waals surface area contributed by atoms with Gasteiger partial charge in [0.15, 0.2) is 5.16 Å². The quantitative estimate of drug-likeness (QED) is 0.578. The van der Waals surface area contributed by atoms with Crippen LogP contribution in [0, 0.1) is 0 Å². The predicted octanol–water partition coefficient (Wildman–Crippen LogP) is 4.59. The Morgan fingerprint density at radius 3 is 2.71 bits per heavy atom. The van der Waals surface area contributed by atoms with Crippen LogP contribution in [0.3, 0.4) is 0 Å². The van der Waals surface area contributed by atoms with E-state index in [4.69, 9.17) is 0 Å². The highest BCUT2D eigenvalue weighted by Crippen LogP contribution is 2.43. The molecule has 0 saturated heterocycles. The Kier molecular flexibility index (Phi) is 4.86. The minimum atomic E-state index is 0.0375. The Bertz CT molecular complexity index is 987. The topological polar surface area (TPSA) is 51.0 Å². The van der Waals surface area contributed by atoms with E-state index in [9.17, 15) is 4.79 Å². The molecule has 1 aliphatic heterocycles. The van der Waals surface area contributed by atoms with Gasteiger partial charge in [-0.2, -0.15) is 0 Å². The molecular weight excluding hydrogens is 388 g/mol. The summed E-state index contributed by atoms with van der Waals surface area (Å²) in [4.78, 5) is 16.5. The van der Waals surface area contributed by atoms with Crippen molar-refractivity contribution < 1.29 is 4.79 Å². The number of thioether (sulfide) groups is 2. The van der Waals surface area contributed by atoms with Gasteiger partial charge in [0.05, 0.1) is 17.5 Å². The second-order valence-electron chi connectivity index (χ2n) is 7.01. The molecule has 1 aliphatic carbocycles. The van der Waals surface area contributed by atoms with Crippen LogP contribution in [0.25, 0.3) is 0 Å². The summed E-state index contributed by atoms with van der Waals surface area (Å²) in [6.45, 7) is 0. The maximum Gasteiger partial charge on any atom is 0.238 e. The zero-order valence-corrected chi connectivity index (χ0v) is 16.9. The summed E-state index contributed by atoms with van der Waals surface area (Å²) < 4.78 is 2.10. The summed E-state index contributed by atoms with van der Waals surface area (Å²) in [5, 5.41) is 9.09. The standard InChI is InChI=1S/C21H20N4OS2/c26-20(13-28-21-23-22-14-24(21)16-10-11-16)25-17-8-4-5-9-19(17)27-12-18(25)15-6-2-1-3-7-15/h1-9,14,16,18H,10-13H2. The van der Waals surface area contributed by atoms with Crippen LogP contribution in [0.2, 0.25) is 0 Å². The van der Waals surface area contributed by atoms with Gasteiger partial charge >= 0.3 is 0 Å². The Labute approximate surface area is 172 Å². The summed E-state index contributed by atoms with van der Waals surface area (Å²) in [5.74, 6) is 1.32. The summed E-state index contributed by atoms with van der Waals surface area (Å²) in [6.07, 6.45) is 4.13. The van der Waals surface area contributed by atoms with Crippen LogP contribution in [-0.2, 0) is 4.79 Å². The molecule has 0 N–H and O–H groups in total. The normalized spacial score (nSPS) is 18.7. The molecule has 5 nitrogen and oxygen atoms in total. The van der Waals surface area contributed by atoms with Crippen LogP contribution in [-0.4, -0.2) is 32.2 Å². The number of amides is 1. The van der Waals surface area contributed by atoms with Gasteiger partial charge in [-0.15, -0.1) is 22.0 Å². The number of hydrogen-bond acceptors (Lipinski definition) is 5. The van der Waals surface area contributed by atoms with E-state index >= 15 is 0 Å². The van der Waals surface area contributed by atoms with E-state index < -0.39 is 0 Å².